The van der Waals surface area contributed by atoms with Crippen molar-refractivity contribution in [3.05, 3.63) is 12.2 Å². The predicted molar refractivity (Wildman–Crippen MR) is 80.1 cm³/mol. The molecule has 19 heavy (non-hydrogen) atoms. The third-order valence-corrected chi connectivity index (χ3v) is 3.89. The van der Waals surface area contributed by atoms with Crippen molar-refractivity contribution in [2.75, 3.05) is 6.54 Å². The van der Waals surface area contributed by atoms with Crippen LogP contribution in [0.4, 0.5) is 0 Å². The van der Waals surface area contributed by atoms with Crippen LogP contribution in [0.5, 0.6) is 0 Å². The van der Waals surface area contributed by atoms with Crippen molar-refractivity contribution < 1.29 is 0 Å². The highest BCUT2D eigenvalue weighted by atomic mass is 15.3. The van der Waals surface area contributed by atoms with E-state index in [9.17, 15) is 0 Å². The van der Waals surface area contributed by atoms with E-state index in [1.807, 2.05) is 11.7 Å². The zero-order chi connectivity index (χ0) is 14.1. The zero-order valence-electron chi connectivity index (χ0n) is 13.0. The summed E-state index contributed by atoms with van der Waals surface area (Å²) in [5.74, 6) is 1.83. The number of nitrogens with one attached hydrogen (secondary N) is 1. The summed E-state index contributed by atoms with van der Waals surface area (Å²) in [5.41, 5.74) is 0. The van der Waals surface area contributed by atoms with Gasteiger partial charge in [0.25, 0.3) is 0 Å². The average molecular weight is 266 g/mol. The van der Waals surface area contributed by atoms with Crippen LogP contribution in [0.1, 0.15) is 58.7 Å². The summed E-state index contributed by atoms with van der Waals surface area (Å²) in [4.78, 5) is 4.37. The van der Waals surface area contributed by atoms with Gasteiger partial charge in [-0.05, 0) is 25.3 Å². The fraction of sp³-hybridized carbons (Fsp3) is 0.867. The number of nitrogens with zero attached hydrogens (tertiary/aromatic N) is 3. The second-order valence-electron chi connectivity index (χ2n) is 5.38. The number of aryl methyl sites for hydroxylation is 1. The Morgan fingerprint density at radius 1 is 1.26 bits per heavy atom. The van der Waals surface area contributed by atoms with Gasteiger partial charge >= 0.3 is 0 Å². The Labute approximate surface area is 118 Å². The Hall–Kier alpha value is -0.900. The van der Waals surface area contributed by atoms with Gasteiger partial charge in [0.2, 0.25) is 0 Å². The number of aromatic nitrogens is 3. The van der Waals surface area contributed by atoms with Gasteiger partial charge in [0.15, 0.2) is 0 Å². The van der Waals surface area contributed by atoms with Crippen molar-refractivity contribution in [2.24, 2.45) is 13.0 Å². The Balaban J connectivity index is 2.65. The lowest BCUT2D eigenvalue weighted by atomic mass is 9.89. The first kappa shape index (κ1) is 16.2. The number of hydrogen-bond acceptors (Lipinski definition) is 3. The van der Waals surface area contributed by atoms with Crippen LogP contribution in [-0.4, -0.2) is 27.4 Å². The molecule has 0 amide bonds. The molecule has 1 aromatic rings. The molecule has 1 aromatic heterocycles. The Morgan fingerprint density at radius 2 is 2.05 bits per heavy atom. The molecular formula is C15H30N4. The highest BCUT2D eigenvalue weighted by Crippen LogP contribution is 2.19. The molecule has 0 bridgehead atoms. The van der Waals surface area contributed by atoms with Gasteiger partial charge in [-0.25, -0.2) is 4.98 Å². The molecule has 1 N–H and O–H groups in total. The standard InChI is InChI=1S/C15H30N4/c1-5-8-9-13(7-3)14(16-10-6-2)11-15-17-12-18-19(15)4/h12-14,16H,5-11H2,1-4H3. The lowest BCUT2D eigenvalue weighted by molar-refractivity contribution is 0.310. The minimum atomic E-state index is 0.527. The molecule has 4 heteroatoms. The fourth-order valence-corrected chi connectivity index (χ4v) is 2.59. The van der Waals surface area contributed by atoms with Crippen molar-refractivity contribution in [3.63, 3.8) is 0 Å². The third kappa shape index (κ3) is 5.31. The van der Waals surface area contributed by atoms with Crippen LogP contribution in [0, 0.1) is 5.92 Å². The van der Waals surface area contributed by atoms with Gasteiger partial charge in [0.1, 0.15) is 12.2 Å². The molecule has 0 saturated heterocycles. The van der Waals surface area contributed by atoms with Crippen LogP contribution in [-0.2, 0) is 13.5 Å². The van der Waals surface area contributed by atoms with Crippen molar-refractivity contribution >= 4 is 0 Å². The number of hydrogen-bond donors (Lipinski definition) is 1. The normalized spacial score (nSPS) is 14.5. The highest BCUT2D eigenvalue weighted by Gasteiger charge is 2.21. The molecule has 0 radical (unpaired) electrons. The predicted octanol–water partition coefficient (Wildman–Crippen LogP) is 2.94. The van der Waals surface area contributed by atoms with E-state index < -0.39 is 0 Å². The van der Waals surface area contributed by atoms with E-state index in [1.54, 1.807) is 6.33 Å². The van der Waals surface area contributed by atoms with E-state index in [-0.39, 0.29) is 0 Å². The molecule has 110 valence electrons. The van der Waals surface area contributed by atoms with Crippen LogP contribution in [0.15, 0.2) is 6.33 Å². The molecule has 4 nitrogen and oxygen atoms in total. The molecule has 2 atom stereocenters. The first-order chi connectivity index (χ1) is 9.22. The third-order valence-electron chi connectivity index (χ3n) is 3.89. The maximum absolute atomic E-state index is 4.37. The van der Waals surface area contributed by atoms with Crippen molar-refractivity contribution in [3.8, 4) is 0 Å². The molecule has 2 unspecified atom stereocenters. The Morgan fingerprint density at radius 3 is 2.58 bits per heavy atom. The molecule has 0 aromatic carbocycles. The Kier molecular flexibility index (Phi) is 7.72. The lowest BCUT2D eigenvalue weighted by Crippen LogP contribution is -2.39. The molecule has 0 fully saturated rings. The summed E-state index contributed by atoms with van der Waals surface area (Å²) < 4.78 is 1.90. The topological polar surface area (TPSA) is 42.7 Å². The van der Waals surface area contributed by atoms with Crippen molar-refractivity contribution in [2.45, 2.75) is 65.3 Å². The summed E-state index contributed by atoms with van der Waals surface area (Å²) in [6.45, 7) is 7.88. The molecule has 0 aliphatic heterocycles. The Bertz CT molecular complexity index is 335. The molecule has 0 aliphatic carbocycles. The summed E-state index contributed by atoms with van der Waals surface area (Å²) in [5, 5.41) is 7.89. The number of unbranched alkanes of at least 4 members (excludes halogenated alkanes) is 1. The molecule has 0 aliphatic rings. The second kappa shape index (κ2) is 9.08. The zero-order valence-corrected chi connectivity index (χ0v) is 13.0. The van der Waals surface area contributed by atoms with Crippen molar-refractivity contribution in [1.82, 2.24) is 20.1 Å². The first-order valence-corrected chi connectivity index (χ1v) is 7.79. The van der Waals surface area contributed by atoms with Crippen LogP contribution in [0.2, 0.25) is 0 Å². The summed E-state index contributed by atoms with van der Waals surface area (Å²) in [6.07, 6.45) is 8.96. The molecule has 0 spiro atoms. The molecular weight excluding hydrogens is 236 g/mol. The van der Waals surface area contributed by atoms with E-state index in [0.717, 1.165) is 24.7 Å². The fourth-order valence-electron chi connectivity index (χ4n) is 2.59. The van der Waals surface area contributed by atoms with Crippen molar-refractivity contribution in [1.29, 1.82) is 0 Å². The summed E-state index contributed by atoms with van der Waals surface area (Å²) in [6, 6.07) is 0.527. The van der Waals surface area contributed by atoms with E-state index >= 15 is 0 Å². The number of rotatable bonds is 10. The quantitative estimate of drug-likeness (QED) is 0.708. The van der Waals surface area contributed by atoms with Gasteiger partial charge in [-0.1, -0.05) is 40.0 Å². The highest BCUT2D eigenvalue weighted by molar-refractivity contribution is 4.91. The SMILES string of the molecule is CCCCC(CC)C(Cc1ncnn1C)NCCC. The van der Waals surface area contributed by atoms with Crippen LogP contribution in [0.3, 0.4) is 0 Å². The summed E-state index contributed by atoms with van der Waals surface area (Å²) >= 11 is 0. The van der Waals surface area contributed by atoms with E-state index in [1.165, 1.54) is 32.1 Å². The van der Waals surface area contributed by atoms with Gasteiger partial charge < -0.3 is 5.32 Å². The van der Waals surface area contributed by atoms with E-state index in [4.69, 9.17) is 0 Å². The molecule has 0 saturated carbocycles. The first-order valence-electron chi connectivity index (χ1n) is 7.79. The molecule has 1 heterocycles. The van der Waals surface area contributed by atoms with Gasteiger partial charge in [0, 0.05) is 19.5 Å². The lowest BCUT2D eigenvalue weighted by Gasteiger charge is -2.27. The minimum absolute atomic E-state index is 0.527. The molecule has 1 rings (SSSR count). The van der Waals surface area contributed by atoms with Gasteiger partial charge in [-0.2, -0.15) is 5.10 Å². The van der Waals surface area contributed by atoms with Gasteiger partial charge in [0.05, 0.1) is 0 Å². The van der Waals surface area contributed by atoms with Crippen LogP contribution >= 0.6 is 0 Å². The maximum atomic E-state index is 4.37. The van der Waals surface area contributed by atoms with Crippen LogP contribution in [0.25, 0.3) is 0 Å². The van der Waals surface area contributed by atoms with Gasteiger partial charge in [-0.15, -0.1) is 0 Å². The largest absolute Gasteiger partial charge is 0.313 e. The smallest absolute Gasteiger partial charge is 0.138 e. The second-order valence-corrected chi connectivity index (χ2v) is 5.38. The van der Waals surface area contributed by atoms with E-state index in [2.05, 4.69) is 36.2 Å². The van der Waals surface area contributed by atoms with E-state index in [0.29, 0.717) is 6.04 Å². The van der Waals surface area contributed by atoms with Gasteiger partial charge in [-0.3, -0.25) is 4.68 Å². The minimum Gasteiger partial charge on any atom is -0.313 e. The summed E-state index contributed by atoms with van der Waals surface area (Å²) in [7, 11) is 1.98. The maximum Gasteiger partial charge on any atom is 0.138 e. The van der Waals surface area contributed by atoms with Crippen LogP contribution < -0.4 is 5.32 Å². The monoisotopic (exact) mass is 266 g/mol. The average Bonchev–Trinajstić information content (AvgIpc) is 2.82.